The fraction of sp³-hybridized carbons (Fsp3) is 0.429. The molecule has 6 heteroatoms. The van der Waals surface area contributed by atoms with Gasteiger partial charge in [-0.2, -0.15) is 5.10 Å². The molecule has 110 valence electrons. The summed E-state index contributed by atoms with van der Waals surface area (Å²) in [6.45, 7) is 5.18. The highest BCUT2D eigenvalue weighted by Crippen LogP contribution is 2.10. The van der Waals surface area contributed by atoms with E-state index in [0.29, 0.717) is 18.3 Å². The summed E-state index contributed by atoms with van der Waals surface area (Å²) in [5, 5.41) is 7.59. The molecule has 0 fully saturated rings. The summed E-state index contributed by atoms with van der Waals surface area (Å²) in [5.74, 6) is 0.850. The van der Waals surface area contributed by atoms with Crippen molar-refractivity contribution in [2.45, 2.75) is 19.9 Å². The number of hydrazone groups is 1. The Bertz CT molecular complexity index is 435. The summed E-state index contributed by atoms with van der Waals surface area (Å²) in [5.41, 5.74) is 3.73. The highest BCUT2D eigenvalue weighted by atomic mass is 32.1. The molecule has 2 N–H and O–H groups in total. The molecule has 1 rings (SSSR count). The van der Waals surface area contributed by atoms with E-state index < -0.39 is 0 Å². The molecule has 0 saturated carbocycles. The summed E-state index contributed by atoms with van der Waals surface area (Å²) in [6.07, 6.45) is 1.70. The molecule has 1 aromatic carbocycles. The molecule has 0 saturated heterocycles. The minimum atomic E-state index is 0.140. The first-order valence-corrected chi connectivity index (χ1v) is 6.88. The average Bonchev–Trinajstić information content (AvgIpc) is 2.41. The zero-order valence-corrected chi connectivity index (χ0v) is 12.9. The van der Waals surface area contributed by atoms with Crippen LogP contribution in [0.15, 0.2) is 29.4 Å². The minimum absolute atomic E-state index is 0.140. The van der Waals surface area contributed by atoms with Crippen LogP contribution >= 0.6 is 12.2 Å². The largest absolute Gasteiger partial charge is 0.494 e. The second-order valence-corrected chi connectivity index (χ2v) is 4.61. The number of nitrogens with zero attached hydrogens (tertiary/aromatic N) is 1. The standard InChI is InChI=1S/C14H21N3O2S/c1-4-19-13-7-5-12(6-8-13)9-15-17-14(20)16-11(2)10-18-3/h5-9,11H,4,10H2,1-3H3,(H2,16,17,20)/b15-9-/t11-/m1/s1. The van der Waals surface area contributed by atoms with Gasteiger partial charge in [0.2, 0.25) is 0 Å². The van der Waals surface area contributed by atoms with E-state index in [1.165, 1.54) is 0 Å². The normalized spacial score (nSPS) is 12.2. The van der Waals surface area contributed by atoms with E-state index in [1.54, 1.807) is 13.3 Å². The molecule has 20 heavy (non-hydrogen) atoms. The van der Waals surface area contributed by atoms with Gasteiger partial charge in [-0.1, -0.05) is 0 Å². The lowest BCUT2D eigenvalue weighted by Crippen LogP contribution is -2.40. The number of hydrogen-bond acceptors (Lipinski definition) is 4. The number of hydrogen-bond donors (Lipinski definition) is 2. The molecule has 0 heterocycles. The van der Waals surface area contributed by atoms with Gasteiger partial charge in [0.05, 0.1) is 19.4 Å². The third-order valence-electron chi connectivity index (χ3n) is 2.36. The molecule has 0 spiro atoms. The van der Waals surface area contributed by atoms with Gasteiger partial charge in [-0.05, 0) is 55.9 Å². The maximum Gasteiger partial charge on any atom is 0.187 e. The Kier molecular flexibility index (Phi) is 7.60. The van der Waals surface area contributed by atoms with Gasteiger partial charge in [0.1, 0.15) is 5.75 Å². The average molecular weight is 295 g/mol. The van der Waals surface area contributed by atoms with Crippen LogP contribution in [0.25, 0.3) is 0 Å². The fourth-order valence-electron chi connectivity index (χ4n) is 1.53. The van der Waals surface area contributed by atoms with Gasteiger partial charge in [-0.25, -0.2) is 0 Å². The lowest BCUT2D eigenvalue weighted by atomic mass is 10.2. The van der Waals surface area contributed by atoms with E-state index in [2.05, 4.69) is 15.8 Å². The van der Waals surface area contributed by atoms with Crippen LogP contribution < -0.4 is 15.5 Å². The Morgan fingerprint density at radius 2 is 2.10 bits per heavy atom. The van der Waals surface area contributed by atoms with Crippen molar-refractivity contribution in [3.8, 4) is 5.75 Å². The smallest absolute Gasteiger partial charge is 0.187 e. The van der Waals surface area contributed by atoms with Crippen molar-refractivity contribution in [3.05, 3.63) is 29.8 Å². The summed E-state index contributed by atoms with van der Waals surface area (Å²) in [4.78, 5) is 0. The van der Waals surface area contributed by atoms with E-state index in [0.717, 1.165) is 11.3 Å². The Balaban J connectivity index is 2.38. The maximum atomic E-state index is 5.37. The number of methoxy groups -OCH3 is 1. The Morgan fingerprint density at radius 1 is 1.40 bits per heavy atom. The third-order valence-corrected chi connectivity index (χ3v) is 2.57. The number of benzene rings is 1. The van der Waals surface area contributed by atoms with Crippen molar-refractivity contribution in [2.75, 3.05) is 20.3 Å². The van der Waals surface area contributed by atoms with Crippen molar-refractivity contribution in [2.24, 2.45) is 5.10 Å². The first-order chi connectivity index (χ1) is 9.65. The summed E-state index contributed by atoms with van der Waals surface area (Å²) < 4.78 is 10.4. The van der Waals surface area contributed by atoms with E-state index in [1.807, 2.05) is 38.1 Å². The van der Waals surface area contributed by atoms with Crippen molar-refractivity contribution in [3.63, 3.8) is 0 Å². The molecule has 1 aromatic rings. The van der Waals surface area contributed by atoms with E-state index in [-0.39, 0.29) is 6.04 Å². The zero-order chi connectivity index (χ0) is 14.8. The first-order valence-electron chi connectivity index (χ1n) is 6.47. The maximum absolute atomic E-state index is 5.37. The SMILES string of the molecule is CCOc1ccc(/C=N\NC(=S)N[C@H](C)COC)cc1. The second-order valence-electron chi connectivity index (χ2n) is 4.20. The van der Waals surface area contributed by atoms with Crippen LogP contribution in [0.4, 0.5) is 0 Å². The van der Waals surface area contributed by atoms with Gasteiger partial charge in [-0.3, -0.25) is 5.43 Å². The van der Waals surface area contributed by atoms with Gasteiger partial charge < -0.3 is 14.8 Å². The highest BCUT2D eigenvalue weighted by molar-refractivity contribution is 7.80. The zero-order valence-electron chi connectivity index (χ0n) is 12.1. The molecule has 0 aliphatic carbocycles. The van der Waals surface area contributed by atoms with Crippen LogP contribution in [0.1, 0.15) is 19.4 Å². The van der Waals surface area contributed by atoms with Crippen LogP contribution in [-0.4, -0.2) is 37.7 Å². The molecule has 0 radical (unpaired) electrons. The molecular formula is C14H21N3O2S. The van der Waals surface area contributed by atoms with Gasteiger partial charge in [-0.15, -0.1) is 0 Å². The van der Waals surface area contributed by atoms with Crippen molar-refractivity contribution in [1.82, 2.24) is 10.7 Å². The highest BCUT2D eigenvalue weighted by Gasteiger charge is 2.01. The van der Waals surface area contributed by atoms with Crippen molar-refractivity contribution < 1.29 is 9.47 Å². The lowest BCUT2D eigenvalue weighted by Gasteiger charge is -2.13. The predicted octanol–water partition coefficient (Wildman–Crippen LogP) is 1.92. The molecule has 5 nitrogen and oxygen atoms in total. The molecule has 1 atom stereocenters. The predicted molar refractivity (Wildman–Crippen MR) is 85.4 cm³/mol. The van der Waals surface area contributed by atoms with Crippen LogP contribution in [0.2, 0.25) is 0 Å². The minimum Gasteiger partial charge on any atom is -0.494 e. The van der Waals surface area contributed by atoms with Crippen LogP contribution in [-0.2, 0) is 4.74 Å². The van der Waals surface area contributed by atoms with Gasteiger partial charge in [0, 0.05) is 13.2 Å². The van der Waals surface area contributed by atoms with Crippen LogP contribution in [0, 0.1) is 0 Å². The molecule has 0 amide bonds. The first kappa shape index (κ1) is 16.4. The Labute approximate surface area is 125 Å². The topological polar surface area (TPSA) is 54.9 Å². The molecule has 0 unspecified atom stereocenters. The number of nitrogens with one attached hydrogen (secondary N) is 2. The summed E-state index contributed by atoms with van der Waals surface area (Å²) >= 11 is 5.10. The van der Waals surface area contributed by atoms with Gasteiger partial charge in [0.15, 0.2) is 5.11 Å². The fourth-order valence-corrected chi connectivity index (χ4v) is 1.78. The molecule has 0 aliphatic rings. The number of ether oxygens (including phenoxy) is 2. The molecule has 0 aliphatic heterocycles. The summed E-state index contributed by atoms with van der Waals surface area (Å²) in [7, 11) is 1.65. The van der Waals surface area contributed by atoms with E-state index >= 15 is 0 Å². The monoisotopic (exact) mass is 295 g/mol. The number of rotatable bonds is 7. The third kappa shape index (κ3) is 6.49. The summed E-state index contributed by atoms with van der Waals surface area (Å²) in [6, 6.07) is 7.81. The Hall–Kier alpha value is -1.66. The number of thiocarbonyl (C=S) groups is 1. The van der Waals surface area contributed by atoms with Crippen molar-refractivity contribution in [1.29, 1.82) is 0 Å². The molecular weight excluding hydrogens is 274 g/mol. The van der Waals surface area contributed by atoms with Crippen LogP contribution in [0.3, 0.4) is 0 Å². The van der Waals surface area contributed by atoms with E-state index in [4.69, 9.17) is 21.7 Å². The van der Waals surface area contributed by atoms with E-state index in [9.17, 15) is 0 Å². The molecule has 0 aromatic heterocycles. The van der Waals surface area contributed by atoms with Crippen LogP contribution in [0.5, 0.6) is 5.75 Å². The quantitative estimate of drug-likeness (QED) is 0.457. The molecule has 0 bridgehead atoms. The van der Waals surface area contributed by atoms with Crippen molar-refractivity contribution >= 4 is 23.5 Å². The second kappa shape index (κ2) is 9.28. The van der Waals surface area contributed by atoms with Gasteiger partial charge in [0.25, 0.3) is 0 Å². The Morgan fingerprint density at radius 3 is 2.70 bits per heavy atom. The van der Waals surface area contributed by atoms with Gasteiger partial charge >= 0.3 is 0 Å². The lowest BCUT2D eigenvalue weighted by molar-refractivity contribution is 0.179.